The average Bonchev–Trinajstić information content (AvgIpc) is 3.01. The molecule has 2 rings (SSSR count). The van der Waals surface area contributed by atoms with Crippen LogP contribution in [0.4, 0.5) is 5.95 Å². The summed E-state index contributed by atoms with van der Waals surface area (Å²) in [5.41, 5.74) is 0.999. The highest BCUT2D eigenvalue weighted by Crippen LogP contribution is 2.17. The third-order valence-corrected chi connectivity index (χ3v) is 3.27. The topological polar surface area (TPSA) is 69.8 Å². The Labute approximate surface area is 125 Å². The van der Waals surface area contributed by atoms with Crippen molar-refractivity contribution in [3.05, 3.63) is 24.0 Å². The Balaban J connectivity index is 2.00. The molecule has 7 nitrogen and oxygen atoms in total. The first-order valence-electron chi connectivity index (χ1n) is 7.33. The molecule has 0 amide bonds. The van der Waals surface area contributed by atoms with Crippen LogP contribution in [-0.2, 0) is 18.3 Å². The molecule has 1 atom stereocenters. The molecule has 2 heterocycles. The highest BCUT2D eigenvalue weighted by molar-refractivity contribution is 5.31. The van der Waals surface area contributed by atoms with E-state index in [9.17, 15) is 0 Å². The molecule has 0 spiro atoms. The first-order valence-corrected chi connectivity index (χ1v) is 7.33. The van der Waals surface area contributed by atoms with Crippen molar-refractivity contribution in [2.45, 2.75) is 39.8 Å². The minimum absolute atomic E-state index is 0.0462. The molecule has 0 bridgehead atoms. The van der Waals surface area contributed by atoms with Gasteiger partial charge in [0.25, 0.3) is 0 Å². The largest absolute Gasteiger partial charge is 0.382 e. The summed E-state index contributed by atoms with van der Waals surface area (Å²) < 4.78 is 9.42. The molecule has 0 radical (unpaired) electrons. The Morgan fingerprint density at radius 3 is 2.90 bits per heavy atom. The summed E-state index contributed by atoms with van der Waals surface area (Å²) in [6, 6.07) is 0.0462. The monoisotopic (exact) mass is 292 g/mol. The maximum Gasteiger partial charge on any atom is 0.203 e. The fraction of sp³-hybridized carbons (Fsp3) is 0.643. The second kappa shape index (κ2) is 7.21. The first kappa shape index (κ1) is 15.5. The van der Waals surface area contributed by atoms with Crippen LogP contribution in [0.3, 0.4) is 0 Å². The Morgan fingerprint density at radius 1 is 1.43 bits per heavy atom. The molecule has 0 aromatic carbocycles. The van der Waals surface area contributed by atoms with E-state index in [1.54, 1.807) is 6.33 Å². The molecule has 0 saturated heterocycles. The van der Waals surface area contributed by atoms with Gasteiger partial charge in [-0.15, -0.1) is 10.2 Å². The molecule has 1 N–H and O–H groups in total. The predicted octanol–water partition coefficient (Wildman–Crippen LogP) is 1.92. The van der Waals surface area contributed by atoms with E-state index in [2.05, 4.69) is 38.2 Å². The van der Waals surface area contributed by atoms with Gasteiger partial charge >= 0.3 is 0 Å². The summed E-state index contributed by atoms with van der Waals surface area (Å²) in [5, 5.41) is 11.4. The lowest BCUT2D eigenvalue weighted by Gasteiger charge is -2.15. The fourth-order valence-electron chi connectivity index (χ4n) is 2.26. The van der Waals surface area contributed by atoms with E-state index in [0.717, 1.165) is 43.6 Å². The third kappa shape index (κ3) is 4.04. The van der Waals surface area contributed by atoms with E-state index in [1.807, 2.05) is 25.5 Å². The number of hydrogen-bond donors (Lipinski definition) is 1. The summed E-state index contributed by atoms with van der Waals surface area (Å²) in [6.07, 6.45) is 4.72. The van der Waals surface area contributed by atoms with E-state index < -0.39 is 0 Å². The number of nitrogens with zero attached hydrogens (tertiary/aromatic N) is 5. The highest BCUT2D eigenvalue weighted by atomic mass is 16.5. The van der Waals surface area contributed by atoms with Crippen LogP contribution in [0.5, 0.6) is 0 Å². The molecule has 1 unspecified atom stereocenters. The second-order valence-electron chi connectivity index (χ2n) is 5.12. The molecular weight excluding hydrogens is 268 g/mol. The van der Waals surface area contributed by atoms with Crippen LogP contribution in [0.15, 0.2) is 12.5 Å². The van der Waals surface area contributed by atoms with Crippen LogP contribution in [0.1, 0.15) is 37.8 Å². The van der Waals surface area contributed by atoms with Gasteiger partial charge in [0.1, 0.15) is 6.33 Å². The van der Waals surface area contributed by atoms with E-state index in [-0.39, 0.29) is 6.04 Å². The Morgan fingerprint density at radius 2 is 2.24 bits per heavy atom. The molecule has 0 aliphatic rings. The SMILES string of the molecule is CCOCCCn1cc(C)nc1NC(C)c1nncn1C. The van der Waals surface area contributed by atoms with E-state index in [0.29, 0.717) is 0 Å². The fourth-order valence-corrected chi connectivity index (χ4v) is 2.26. The van der Waals surface area contributed by atoms with Crippen LogP contribution in [0, 0.1) is 6.92 Å². The van der Waals surface area contributed by atoms with Gasteiger partial charge in [-0.05, 0) is 27.2 Å². The zero-order chi connectivity index (χ0) is 15.2. The molecular formula is C14H24N6O. The van der Waals surface area contributed by atoms with Gasteiger partial charge in [-0.1, -0.05) is 0 Å². The van der Waals surface area contributed by atoms with E-state index >= 15 is 0 Å². The maximum atomic E-state index is 5.38. The Bertz CT molecular complexity index is 562. The average molecular weight is 292 g/mol. The van der Waals surface area contributed by atoms with Gasteiger partial charge in [0, 0.05) is 33.0 Å². The third-order valence-electron chi connectivity index (χ3n) is 3.27. The minimum Gasteiger partial charge on any atom is -0.382 e. The predicted molar refractivity (Wildman–Crippen MR) is 81.1 cm³/mol. The van der Waals surface area contributed by atoms with Crippen molar-refractivity contribution in [3.63, 3.8) is 0 Å². The molecule has 7 heteroatoms. The number of rotatable bonds is 8. The van der Waals surface area contributed by atoms with Crippen LogP contribution < -0.4 is 5.32 Å². The Kier molecular flexibility index (Phi) is 5.32. The van der Waals surface area contributed by atoms with Gasteiger partial charge < -0.3 is 19.2 Å². The van der Waals surface area contributed by atoms with Gasteiger partial charge in [0.2, 0.25) is 5.95 Å². The minimum atomic E-state index is 0.0462. The second-order valence-corrected chi connectivity index (χ2v) is 5.12. The number of aromatic nitrogens is 5. The molecule has 0 aliphatic heterocycles. The van der Waals surface area contributed by atoms with Gasteiger partial charge in [-0.3, -0.25) is 0 Å². The van der Waals surface area contributed by atoms with Crippen molar-refractivity contribution < 1.29 is 4.74 Å². The number of imidazole rings is 1. The molecule has 2 aromatic rings. The summed E-state index contributed by atoms with van der Waals surface area (Å²) in [4.78, 5) is 4.54. The smallest absolute Gasteiger partial charge is 0.203 e. The standard InChI is InChI=1S/C14H24N6O/c1-5-21-8-6-7-20-9-11(2)16-14(20)17-12(3)13-18-15-10-19(13)4/h9-10,12H,5-8H2,1-4H3,(H,16,17). The summed E-state index contributed by atoms with van der Waals surface area (Å²) >= 11 is 0. The van der Waals surface area contributed by atoms with E-state index in [1.165, 1.54) is 0 Å². The molecule has 116 valence electrons. The normalized spacial score (nSPS) is 12.6. The summed E-state index contributed by atoms with van der Waals surface area (Å²) in [6.45, 7) is 8.48. The van der Waals surface area contributed by atoms with Crippen LogP contribution >= 0.6 is 0 Å². The van der Waals surface area contributed by atoms with Crippen LogP contribution in [0.2, 0.25) is 0 Å². The number of anilines is 1. The molecule has 0 saturated carbocycles. The zero-order valence-corrected chi connectivity index (χ0v) is 13.2. The number of ether oxygens (including phenoxy) is 1. The van der Waals surface area contributed by atoms with E-state index in [4.69, 9.17) is 4.74 Å². The van der Waals surface area contributed by atoms with Crippen LogP contribution in [-0.4, -0.2) is 37.5 Å². The number of nitrogens with one attached hydrogen (secondary N) is 1. The van der Waals surface area contributed by atoms with Crippen molar-refractivity contribution in [3.8, 4) is 0 Å². The quantitative estimate of drug-likeness (QED) is 0.753. The Hall–Kier alpha value is -1.89. The lowest BCUT2D eigenvalue weighted by atomic mass is 10.3. The lowest BCUT2D eigenvalue weighted by Crippen LogP contribution is -2.15. The highest BCUT2D eigenvalue weighted by Gasteiger charge is 2.14. The van der Waals surface area contributed by atoms with Gasteiger partial charge in [-0.25, -0.2) is 4.98 Å². The van der Waals surface area contributed by atoms with Crippen molar-refractivity contribution in [2.75, 3.05) is 18.5 Å². The first-order chi connectivity index (χ1) is 10.1. The molecule has 21 heavy (non-hydrogen) atoms. The number of hydrogen-bond acceptors (Lipinski definition) is 5. The van der Waals surface area contributed by atoms with Gasteiger partial charge in [0.05, 0.1) is 11.7 Å². The number of aryl methyl sites for hydroxylation is 3. The van der Waals surface area contributed by atoms with Crippen molar-refractivity contribution in [1.29, 1.82) is 0 Å². The van der Waals surface area contributed by atoms with Crippen LogP contribution in [0.25, 0.3) is 0 Å². The molecule has 2 aromatic heterocycles. The van der Waals surface area contributed by atoms with Crippen molar-refractivity contribution in [1.82, 2.24) is 24.3 Å². The van der Waals surface area contributed by atoms with Crippen molar-refractivity contribution >= 4 is 5.95 Å². The molecule has 0 fully saturated rings. The van der Waals surface area contributed by atoms with Gasteiger partial charge in [-0.2, -0.15) is 0 Å². The molecule has 0 aliphatic carbocycles. The maximum absolute atomic E-state index is 5.38. The summed E-state index contributed by atoms with van der Waals surface area (Å²) in [7, 11) is 1.94. The summed E-state index contributed by atoms with van der Waals surface area (Å²) in [5.74, 6) is 1.75. The lowest BCUT2D eigenvalue weighted by molar-refractivity contribution is 0.142. The zero-order valence-electron chi connectivity index (χ0n) is 13.2. The van der Waals surface area contributed by atoms with Gasteiger partial charge in [0.15, 0.2) is 5.82 Å². The van der Waals surface area contributed by atoms with Crippen molar-refractivity contribution in [2.24, 2.45) is 7.05 Å².